The Morgan fingerprint density at radius 3 is 2.74 bits per heavy atom. The second-order valence-electron chi connectivity index (χ2n) is 4.58. The second kappa shape index (κ2) is 6.32. The summed E-state index contributed by atoms with van der Waals surface area (Å²) in [4.78, 5) is 12.0. The Morgan fingerprint density at radius 2 is 2.16 bits per heavy atom. The van der Waals surface area contributed by atoms with Crippen molar-refractivity contribution in [3.63, 3.8) is 0 Å². The topological polar surface area (TPSA) is 88.1 Å². The zero-order chi connectivity index (χ0) is 13.7. The van der Waals surface area contributed by atoms with E-state index in [1.54, 1.807) is 12.1 Å². The Labute approximate surface area is 112 Å². The highest BCUT2D eigenvalue weighted by Crippen LogP contribution is 2.20. The van der Waals surface area contributed by atoms with Crippen molar-refractivity contribution in [2.24, 2.45) is 5.73 Å². The fraction of sp³-hybridized carbons (Fsp3) is 0.429. The number of carbonyl (C=O) groups excluding carboxylic acids is 1. The van der Waals surface area contributed by atoms with Crippen molar-refractivity contribution in [3.05, 3.63) is 29.8 Å². The lowest BCUT2D eigenvalue weighted by Gasteiger charge is -2.12. The number of ether oxygens (including phenoxy) is 1. The summed E-state index contributed by atoms with van der Waals surface area (Å²) >= 11 is 0. The molecule has 0 radical (unpaired) electrons. The zero-order valence-electron chi connectivity index (χ0n) is 10.6. The van der Waals surface area contributed by atoms with Gasteiger partial charge < -0.3 is 15.8 Å². The average Bonchev–Trinajstić information content (AvgIpc) is 2.90. The van der Waals surface area contributed by atoms with Crippen molar-refractivity contribution in [3.8, 4) is 6.07 Å². The number of nitrogens with zero attached hydrogens (tertiary/aromatic N) is 1. The smallest absolute Gasteiger partial charge is 0.253 e. The number of nitrogens with one attached hydrogen (secondary N) is 1. The third kappa shape index (κ3) is 3.53. The van der Waals surface area contributed by atoms with E-state index in [9.17, 15) is 4.79 Å². The lowest BCUT2D eigenvalue weighted by molar-refractivity contribution is -0.126. The van der Waals surface area contributed by atoms with E-state index in [-0.39, 0.29) is 12.0 Å². The lowest BCUT2D eigenvalue weighted by atomic mass is 10.1. The summed E-state index contributed by atoms with van der Waals surface area (Å²) in [5.41, 5.74) is 7.16. The number of hydrogen-bond acceptors (Lipinski definition) is 4. The molecule has 0 aromatic heterocycles. The monoisotopic (exact) mass is 259 g/mol. The maximum Gasteiger partial charge on any atom is 0.253 e. The number of rotatable bonds is 4. The van der Waals surface area contributed by atoms with Gasteiger partial charge in [0.05, 0.1) is 18.6 Å². The number of nitrogens with two attached hydrogens (primary N) is 1. The van der Waals surface area contributed by atoms with Gasteiger partial charge in [0.25, 0.3) is 5.91 Å². The number of benzene rings is 1. The summed E-state index contributed by atoms with van der Waals surface area (Å²) in [6.07, 6.45) is 1.50. The molecular formula is C14H17N3O2. The van der Waals surface area contributed by atoms with Gasteiger partial charge in [-0.25, -0.2) is 0 Å². The van der Waals surface area contributed by atoms with E-state index in [0.29, 0.717) is 25.1 Å². The molecule has 3 N–H and O–H groups in total. The first kappa shape index (κ1) is 13.5. The van der Waals surface area contributed by atoms with E-state index in [0.717, 1.165) is 12.0 Å². The van der Waals surface area contributed by atoms with Crippen LogP contribution < -0.4 is 11.1 Å². The average molecular weight is 259 g/mol. The molecule has 2 atom stereocenters. The predicted octanol–water partition coefficient (Wildman–Crippen LogP) is 1.20. The van der Waals surface area contributed by atoms with E-state index in [4.69, 9.17) is 15.7 Å². The van der Waals surface area contributed by atoms with Crippen LogP contribution in [0.15, 0.2) is 24.3 Å². The summed E-state index contributed by atoms with van der Waals surface area (Å²) in [5, 5.41) is 11.4. The largest absolute Gasteiger partial charge is 0.364 e. The van der Waals surface area contributed by atoms with Gasteiger partial charge >= 0.3 is 0 Å². The van der Waals surface area contributed by atoms with Crippen LogP contribution in [0.1, 0.15) is 18.4 Å². The van der Waals surface area contributed by atoms with Crippen LogP contribution in [0.2, 0.25) is 0 Å². The van der Waals surface area contributed by atoms with E-state index >= 15 is 0 Å². The van der Waals surface area contributed by atoms with Gasteiger partial charge in [-0.05, 0) is 30.5 Å². The second-order valence-corrected chi connectivity index (χ2v) is 4.58. The fourth-order valence-corrected chi connectivity index (χ4v) is 2.09. The predicted molar refractivity (Wildman–Crippen MR) is 71.3 cm³/mol. The van der Waals surface area contributed by atoms with E-state index in [1.807, 2.05) is 12.1 Å². The number of anilines is 1. The molecule has 0 saturated carbocycles. The highest BCUT2D eigenvalue weighted by molar-refractivity contribution is 5.94. The van der Waals surface area contributed by atoms with Crippen LogP contribution in [0.5, 0.6) is 0 Å². The molecule has 0 spiro atoms. The molecule has 0 bridgehead atoms. The van der Waals surface area contributed by atoms with Crippen LogP contribution in [0.25, 0.3) is 0 Å². The number of nitriles is 1. The van der Waals surface area contributed by atoms with Gasteiger partial charge in [0.1, 0.15) is 6.10 Å². The first-order valence-electron chi connectivity index (χ1n) is 6.35. The zero-order valence-corrected chi connectivity index (χ0v) is 10.6. The van der Waals surface area contributed by atoms with Crippen LogP contribution in [0, 0.1) is 11.3 Å². The molecule has 1 aliphatic rings. The maximum atomic E-state index is 12.0. The molecule has 2 rings (SSSR count). The normalized spacial score (nSPS) is 21.9. The number of carbonyl (C=O) groups is 1. The van der Waals surface area contributed by atoms with Crippen LogP contribution in [-0.4, -0.2) is 24.7 Å². The molecule has 1 aromatic rings. The van der Waals surface area contributed by atoms with Crippen LogP contribution >= 0.6 is 0 Å². The van der Waals surface area contributed by atoms with Crippen molar-refractivity contribution in [1.82, 2.24) is 0 Å². The third-order valence-corrected chi connectivity index (χ3v) is 3.17. The highest BCUT2D eigenvalue weighted by atomic mass is 16.5. The Hall–Kier alpha value is -1.90. The standard InChI is InChI=1S/C14H17N3O2/c15-8-7-10-1-3-11(4-2-10)17-14(18)13-6-5-12(9-16)19-13/h1-4,12-13H,5-7,9,16H2,(H,17,18). The number of amides is 1. The minimum atomic E-state index is -0.410. The van der Waals surface area contributed by atoms with Crippen molar-refractivity contribution in [2.45, 2.75) is 31.5 Å². The fourth-order valence-electron chi connectivity index (χ4n) is 2.09. The molecule has 1 aromatic carbocycles. The molecule has 1 heterocycles. The van der Waals surface area contributed by atoms with E-state index < -0.39 is 6.10 Å². The van der Waals surface area contributed by atoms with E-state index in [1.165, 1.54) is 0 Å². The van der Waals surface area contributed by atoms with Crippen LogP contribution in [0.3, 0.4) is 0 Å². The van der Waals surface area contributed by atoms with Gasteiger partial charge in [0.2, 0.25) is 0 Å². The van der Waals surface area contributed by atoms with Crippen LogP contribution in [-0.2, 0) is 16.0 Å². The molecule has 5 heteroatoms. The van der Waals surface area contributed by atoms with Crippen molar-refractivity contribution >= 4 is 11.6 Å². The number of hydrogen-bond donors (Lipinski definition) is 2. The Morgan fingerprint density at radius 1 is 1.42 bits per heavy atom. The molecule has 1 fully saturated rings. The Balaban J connectivity index is 1.90. The Bertz CT molecular complexity index is 478. The summed E-state index contributed by atoms with van der Waals surface area (Å²) in [6.45, 7) is 0.451. The summed E-state index contributed by atoms with van der Waals surface area (Å²) in [5.74, 6) is -0.135. The highest BCUT2D eigenvalue weighted by Gasteiger charge is 2.29. The quantitative estimate of drug-likeness (QED) is 0.850. The molecule has 0 aliphatic carbocycles. The summed E-state index contributed by atoms with van der Waals surface area (Å²) in [7, 11) is 0. The van der Waals surface area contributed by atoms with Crippen LogP contribution in [0.4, 0.5) is 5.69 Å². The molecule has 5 nitrogen and oxygen atoms in total. The molecule has 1 aliphatic heterocycles. The molecule has 19 heavy (non-hydrogen) atoms. The van der Waals surface area contributed by atoms with Gasteiger partial charge in [0.15, 0.2) is 0 Å². The SMILES string of the molecule is N#CCc1ccc(NC(=O)C2CCC(CN)O2)cc1. The van der Waals surface area contributed by atoms with Crippen molar-refractivity contribution in [1.29, 1.82) is 5.26 Å². The molecule has 1 saturated heterocycles. The van der Waals surface area contributed by atoms with Gasteiger partial charge in [0, 0.05) is 12.2 Å². The molecule has 1 amide bonds. The first-order valence-corrected chi connectivity index (χ1v) is 6.35. The minimum Gasteiger partial charge on any atom is -0.364 e. The van der Waals surface area contributed by atoms with E-state index in [2.05, 4.69) is 11.4 Å². The summed E-state index contributed by atoms with van der Waals surface area (Å²) in [6, 6.07) is 9.33. The summed E-state index contributed by atoms with van der Waals surface area (Å²) < 4.78 is 5.53. The van der Waals surface area contributed by atoms with Gasteiger partial charge in [-0.15, -0.1) is 0 Å². The van der Waals surface area contributed by atoms with Gasteiger partial charge in [-0.1, -0.05) is 12.1 Å². The lowest BCUT2D eigenvalue weighted by Crippen LogP contribution is -2.29. The van der Waals surface area contributed by atoms with Gasteiger partial charge in [-0.3, -0.25) is 4.79 Å². The first-order chi connectivity index (χ1) is 9.22. The maximum absolute atomic E-state index is 12.0. The molecular weight excluding hydrogens is 242 g/mol. The van der Waals surface area contributed by atoms with Crippen molar-refractivity contribution < 1.29 is 9.53 Å². The van der Waals surface area contributed by atoms with Gasteiger partial charge in [-0.2, -0.15) is 5.26 Å². The molecule has 2 unspecified atom stereocenters. The minimum absolute atomic E-state index is 0.00578. The Kier molecular flexibility index (Phi) is 4.50. The van der Waals surface area contributed by atoms with Crippen molar-refractivity contribution in [2.75, 3.05) is 11.9 Å². The third-order valence-electron chi connectivity index (χ3n) is 3.17. The molecule has 100 valence electrons.